The van der Waals surface area contributed by atoms with Gasteiger partial charge in [0.1, 0.15) is 11.6 Å². The highest BCUT2D eigenvalue weighted by Crippen LogP contribution is 2.17. The maximum absolute atomic E-state index is 13.8. The van der Waals surface area contributed by atoms with E-state index in [-0.39, 0.29) is 6.04 Å². The zero-order valence-corrected chi connectivity index (χ0v) is 14.3. The lowest BCUT2D eigenvalue weighted by atomic mass is 10.1. The fourth-order valence-electron chi connectivity index (χ4n) is 2.00. The van der Waals surface area contributed by atoms with Crippen LogP contribution in [-0.4, -0.2) is 31.1 Å². The van der Waals surface area contributed by atoms with Crippen LogP contribution in [0.25, 0.3) is 0 Å². The second-order valence-corrected chi connectivity index (χ2v) is 5.98. The summed E-state index contributed by atoms with van der Waals surface area (Å²) in [5, 5.41) is 6.30. The van der Waals surface area contributed by atoms with Crippen molar-refractivity contribution in [3.8, 4) is 0 Å². The average Bonchev–Trinajstić information content (AvgIpc) is 2.47. The topological polar surface area (TPSA) is 36.4 Å². The molecule has 1 rings (SSSR count). The van der Waals surface area contributed by atoms with E-state index in [0.29, 0.717) is 11.5 Å². The molecular formula is C16H25F2N3S. The Hall–Kier alpha value is -1.30. The zero-order chi connectivity index (χ0) is 16.4. The van der Waals surface area contributed by atoms with Crippen LogP contribution in [0.1, 0.15) is 38.3 Å². The van der Waals surface area contributed by atoms with Gasteiger partial charge in [-0.1, -0.05) is 6.07 Å². The monoisotopic (exact) mass is 329 g/mol. The molecule has 0 radical (unpaired) electrons. The molecule has 0 aliphatic carbocycles. The van der Waals surface area contributed by atoms with E-state index in [9.17, 15) is 8.78 Å². The molecule has 124 valence electrons. The number of benzene rings is 1. The van der Waals surface area contributed by atoms with Crippen LogP contribution in [0.5, 0.6) is 0 Å². The van der Waals surface area contributed by atoms with Gasteiger partial charge < -0.3 is 10.6 Å². The largest absolute Gasteiger partial charge is 0.357 e. The molecule has 0 aliphatic rings. The summed E-state index contributed by atoms with van der Waals surface area (Å²) in [6.07, 6.45) is 4.25. The van der Waals surface area contributed by atoms with E-state index in [1.807, 2.05) is 25.6 Å². The van der Waals surface area contributed by atoms with Crippen LogP contribution in [0.15, 0.2) is 23.2 Å². The van der Waals surface area contributed by atoms with E-state index in [1.165, 1.54) is 12.1 Å². The number of thioether (sulfide) groups is 1. The Kier molecular flexibility index (Phi) is 8.89. The van der Waals surface area contributed by atoms with Crippen LogP contribution in [0.3, 0.4) is 0 Å². The molecular weight excluding hydrogens is 304 g/mol. The van der Waals surface area contributed by atoms with Gasteiger partial charge in [0.15, 0.2) is 5.96 Å². The van der Waals surface area contributed by atoms with Gasteiger partial charge in [-0.3, -0.25) is 4.99 Å². The predicted molar refractivity (Wildman–Crippen MR) is 91.5 cm³/mol. The Morgan fingerprint density at radius 1 is 1.32 bits per heavy atom. The number of hydrogen-bond donors (Lipinski definition) is 2. The minimum atomic E-state index is -0.567. The molecule has 1 unspecified atom stereocenters. The minimum absolute atomic E-state index is 0.287. The summed E-state index contributed by atoms with van der Waals surface area (Å²) in [6.45, 7) is 5.27. The van der Waals surface area contributed by atoms with Gasteiger partial charge in [-0.25, -0.2) is 8.78 Å². The molecule has 2 N–H and O–H groups in total. The molecule has 0 aromatic heterocycles. The molecule has 0 saturated heterocycles. The summed E-state index contributed by atoms with van der Waals surface area (Å²) in [5.74, 6) is 0.679. The van der Waals surface area contributed by atoms with Crippen LogP contribution in [0.4, 0.5) is 8.78 Å². The molecule has 0 bridgehead atoms. The quantitative estimate of drug-likeness (QED) is 0.433. The van der Waals surface area contributed by atoms with Crippen molar-refractivity contribution in [2.24, 2.45) is 4.99 Å². The van der Waals surface area contributed by atoms with Crippen molar-refractivity contribution in [2.75, 3.05) is 25.1 Å². The number of aliphatic imine (C=N–C) groups is 1. The van der Waals surface area contributed by atoms with Crippen molar-refractivity contribution in [3.05, 3.63) is 35.4 Å². The molecule has 0 fully saturated rings. The Labute approximate surface area is 136 Å². The number of rotatable bonds is 8. The second kappa shape index (κ2) is 10.4. The first kappa shape index (κ1) is 18.7. The first-order valence-corrected chi connectivity index (χ1v) is 8.96. The maximum atomic E-state index is 13.8. The lowest BCUT2D eigenvalue weighted by Gasteiger charge is -2.18. The highest BCUT2D eigenvalue weighted by atomic mass is 32.2. The first-order chi connectivity index (χ1) is 10.6. The van der Waals surface area contributed by atoms with E-state index in [0.717, 1.165) is 37.8 Å². The number of hydrogen-bond acceptors (Lipinski definition) is 2. The molecule has 22 heavy (non-hydrogen) atoms. The fourth-order valence-corrected chi connectivity index (χ4v) is 2.50. The standard InChI is InChI=1S/C16H25F2N3S/c1-4-19-16(20-9-5-6-10-22-3)21-12(2)14-8-7-13(17)11-15(14)18/h7-8,11-12H,4-6,9-10H2,1-3H3,(H2,19,20,21). The van der Waals surface area contributed by atoms with E-state index in [2.05, 4.69) is 21.9 Å². The normalized spacial score (nSPS) is 13.0. The van der Waals surface area contributed by atoms with Crippen molar-refractivity contribution in [2.45, 2.75) is 32.7 Å². The minimum Gasteiger partial charge on any atom is -0.357 e. The molecule has 0 aliphatic heterocycles. The summed E-state index contributed by atoms with van der Waals surface area (Å²) in [4.78, 5) is 4.49. The van der Waals surface area contributed by atoms with E-state index in [1.54, 1.807) is 0 Å². The number of halogens is 2. The predicted octanol–water partition coefficient (Wildman–Crippen LogP) is 3.72. The van der Waals surface area contributed by atoms with Crippen molar-refractivity contribution >= 4 is 17.7 Å². The molecule has 0 amide bonds. The lowest BCUT2D eigenvalue weighted by Crippen LogP contribution is -2.39. The summed E-state index contributed by atoms with van der Waals surface area (Å²) in [6, 6.07) is 3.34. The maximum Gasteiger partial charge on any atom is 0.191 e. The van der Waals surface area contributed by atoms with Crippen molar-refractivity contribution in [3.63, 3.8) is 0 Å². The van der Waals surface area contributed by atoms with Crippen LogP contribution < -0.4 is 10.6 Å². The van der Waals surface area contributed by atoms with Gasteiger partial charge in [0.25, 0.3) is 0 Å². The summed E-state index contributed by atoms with van der Waals surface area (Å²) >= 11 is 1.83. The SMILES string of the molecule is CCNC(=NCCCCSC)NC(C)c1ccc(F)cc1F. The Balaban J connectivity index is 2.62. The van der Waals surface area contributed by atoms with Gasteiger partial charge in [0, 0.05) is 24.7 Å². The van der Waals surface area contributed by atoms with Gasteiger partial charge in [-0.2, -0.15) is 11.8 Å². The number of nitrogens with zero attached hydrogens (tertiary/aromatic N) is 1. The molecule has 1 atom stereocenters. The third-order valence-corrected chi connectivity index (χ3v) is 3.85. The summed E-state index contributed by atoms with van der Waals surface area (Å²) < 4.78 is 26.8. The molecule has 0 saturated carbocycles. The van der Waals surface area contributed by atoms with Crippen LogP contribution >= 0.6 is 11.8 Å². The second-order valence-electron chi connectivity index (χ2n) is 4.99. The van der Waals surface area contributed by atoms with Crippen molar-refractivity contribution in [1.29, 1.82) is 0 Å². The highest BCUT2D eigenvalue weighted by molar-refractivity contribution is 7.98. The smallest absolute Gasteiger partial charge is 0.191 e. The zero-order valence-electron chi connectivity index (χ0n) is 13.5. The molecule has 6 heteroatoms. The number of guanidine groups is 1. The van der Waals surface area contributed by atoms with Crippen LogP contribution in [-0.2, 0) is 0 Å². The fraction of sp³-hybridized carbons (Fsp3) is 0.562. The highest BCUT2D eigenvalue weighted by Gasteiger charge is 2.13. The molecule has 1 aromatic rings. The van der Waals surface area contributed by atoms with Crippen LogP contribution in [0.2, 0.25) is 0 Å². The number of unbranched alkanes of at least 4 members (excludes halogenated alkanes) is 1. The van der Waals surface area contributed by atoms with Gasteiger partial charge in [-0.05, 0) is 44.8 Å². The summed E-state index contributed by atoms with van der Waals surface area (Å²) in [5.41, 5.74) is 0.425. The van der Waals surface area contributed by atoms with Gasteiger partial charge >= 0.3 is 0 Å². The number of nitrogens with one attached hydrogen (secondary N) is 2. The first-order valence-electron chi connectivity index (χ1n) is 7.57. The third kappa shape index (κ3) is 6.64. The Bertz CT molecular complexity index is 480. The van der Waals surface area contributed by atoms with Gasteiger partial charge in [0.05, 0.1) is 6.04 Å². The van der Waals surface area contributed by atoms with Crippen LogP contribution in [0, 0.1) is 11.6 Å². The summed E-state index contributed by atoms with van der Waals surface area (Å²) in [7, 11) is 0. The van der Waals surface area contributed by atoms with E-state index in [4.69, 9.17) is 0 Å². The Morgan fingerprint density at radius 3 is 2.73 bits per heavy atom. The average molecular weight is 329 g/mol. The molecule has 3 nitrogen and oxygen atoms in total. The van der Waals surface area contributed by atoms with Gasteiger partial charge in [-0.15, -0.1) is 0 Å². The molecule has 0 heterocycles. The van der Waals surface area contributed by atoms with Crippen molar-refractivity contribution < 1.29 is 8.78 Å². The van der Waals surface area contributed by atoms with Gasteiger partial charge in [0.2, 0.25) is 0 Å². The molecule has 0 spiro atoms. The molecule has 1 aromatic carbocycles. The van der Waals surface area contributed by atoms with E-state index >= 15 is 0 Å². The van der Waals surface area contributed by atoms with E-state index < -0.39 is 11.6 Å². The lowest BCUT2D eigenvalue weighted by molar-refractivity contribution is 0.550. The van der Waals surface area contributed by atoms with Crippen molar-refractivity contribution in [1.82, 2.24) is 10.6 Å². The Morgan fingerprint density at radius 2 is 2.09 bits per heavy atom. The third-order valence-electron chi connectivity index (χ3n) is 3.15.